The lowest BCUT2D eigenvalue weighted by molar-refractivity contribution is 0.0900. The van der Waals surface area contributed by atoms with Gasteiger partial charge in [0.2, 0.25) is 10.0 Å². The third-order valence-corrected chi connectivity index (χ3v) is 8.28. The first-order valence-corrected chi connectivity index (χ1v) is 12.7. The van der Waals surface area contributed by atoms with Gasteiger partial charge in [-0.25, -0.2) is 8.42 Å². The van der Waals surface area contributed by atoms with Crippen LogP contribution in [0.2, 0.25) is 0 Å². The second kappa shape index (κ2) is 9.69. The van der Waals surface area contributed by atoms with Gasteiger partial charge in [-0.15, -0.1) is 0 Å². The second-order valence-electron chi connectivity index (χ2n) is 8.63. The molecule has 0 radical (unpaired) electrons. The van der Waals surface area contributed by atoms with Crippen LogP contribution in [-0.4, -0.2) is 66.5 Å². The summed E-state index contributed by atoms with van der Waals surface area (Å²) in [5.41, 5.74) is 3.05. The van der Waals surface area contributed by atoms with Crippen molar-refractivity contribution in [3.8, 4) is 0 Å². The van der Waals surface area contributed by atoms with Gasteiger partial charge in [0.1, 0.15) is 5.76 Å². The molecule has 0 amide bonds. The van der Waals surface area contributed by atoms with Crippen molar-refractivity contribution in [1.29, 1.82) is 0 Å². The maximum Gasteiger partial charge on any atom is 0.243 e. The lowest BCUT2D eigenvalue weighted by Gasteiger charge is -2.33. The highest BCUT2D eigenvalue weighted by atomic mass is 32.2. The average molecular weight is 484 g/mol. The number of hydrogen-bond donors (Lipinski definition) is 0. The topological polar surface area (TPSA) is 92.8 Å². The standard InChI is InChI=1S/C25H29N3O5S/c1-18-15-24(19(2)28(18)16-22-5-4-14-33-22)25(30)17-26-10-12-27(13-11-26)34(31,32)23-8-6-21(7-9-23)20(3)29/h4-9,14-15H,10-13,16-17H2,1-3H3. The molecular weight excluding hydrogens is 454 g/mol. The summed E-state index contributed by atoms with van der Waals surface area (Å²) in [6.07, 6.45) is 1.64. The van der Waals surface area contributed by atoms with E-state index in [0.29, 0.717) is 43.9 Å². The van der Waals surface area contributed by atoms with Crippen LogP contribution in [0, 0.1) is 13.8 Å². The molecule has 0 atom stereocenters. The summed E-state index contributed by atoms with van der Waals surface area (Å²) in [6.45, 7) is 7.73. The molecule has 1 saturated heterocycles. The Morgan fingerprint density at radius 1 is 1.00 bits per heavy atom. The number of hydrogen-bond acceptors (Lipinski definition) is 6. The number of piperazine rings is 1. The molecule has 1 fully saturated rings. The minimum Gasteiger partial charge on any atom is -0.467 e. The van der Waals surface area contributed by atoms with Crippen molar-refractivity contribution in [1.82, 2.24) is 13.8 Å². The predicted molar refractivity (Wildman–Crippen MR) is 128 cm³/mol. The Morgan fingerprint density at radius 2 is 1.68 bits per heavy atom. The zero-order chi connectivity index (χ0) is 24.5. The van der Waals surface area contributed by atoms with E-state index in [1.807, 2.05) is 36.9 Å². The molecule has 3 heterocycles. The summed E-state index contributed by atoms with van der Waals surface area (Å²) in [5, 5.41) is 0. The van der Waals surface area contributed by atoms with E-state index in [1.165, 1.54) is 35.5 Å². The van der Waals surface area contributed by atoms with Gasteiger partial charge in [-0.1, -0.05) is 12.1 Å². The first-order valence-electron chi connectivity index (χ1n) is 11.2. The zero-order valence-corrected chi connectivity index (χ0v) is 20.5. The maximum absolute atomic E-state index is 13.1. The van der Waals surface area contributed by atoms with Crippen molar-refractivity contribution in [2.75, 3.05) is 32.7 Å². The summed E-state index contributed by atoms with van der Waals surface area (Å²) in [6, 6.07) is 11.7. The van der Waals surface area contributed by atoms with Crippen molar-refractivity contribution in [2.24, 2.45) is 0 Å². The fourth-order valence-corrected chi connectivity index (χ4v) is 5.73. The molecule has 0 spiro atoms. The largest absolute Gasteiger partial charge is 0.467 e. The van der Waals surface area contributed by atoms with E-state index in [4.69, 9.17) is 4.42 Å². The van der Waals surface area contributed by atoms with Crippen molar-refractivity contribution in [3.05, 3.63) is 77.0 Å². The van der Waals surface area contributed by atoms with Crippen molar-refractivity contribution < 1.29 is 22.4 Å². The van der Waals surface area contributed by atoms with Gasteiger partial charge < -0.3 is 8.98 Å². The molecule has 180 valence electrons. The van der Waals surface area contributed by atoms with Gasteiger partial charge in [0.05, 0.1) is 24.2 Å². The minimum absolute atomic E-state index is 0.0231. The van der Waals surface area contributed by atoms with Crippen LogP contribution < -0.4 is 0 Å². The van der Waals surface area contributed by atoms with Crippen LogP contribution in [-0.2, 0) is 16.6 Å². The predicted octanol–water partition coefficient (Wildman–Crippen LogP) is 3.14. The molecule has 1 aliphatic rings. The molecule has 3 aromatic rings. The number of sulfonamides is 1. The summed E-state index contributed by atoms with van der Waals surface area (Å²) in [4.78, 5) is 26.7. The van der Waals surface area contributed by atoms with Crippen LogP contribution in [0.5, 0.6) is 0 Å². The number of aromatic nitrogens is 1. The monoisotopic (exact) mass is 483 g/mol. The van der Waals surface area contributed by atoms with Crippen LogP contribution in [0.3, 0.4) is 0 Å². The van der Waals surface area contributed by atoms with E-state index in [-0.39, 0.29) is 23.0 Å². The third kappa shape index (κ3) is 4.91. The van der Waals surface area contributed by atoms with Gasteiger partial charge in [0.25, 0.3) is 0 Å². The second-order valence-corrected chi connectivity index (χ2v) is 10.6. The van der Waals surface area contributed by atoms with Gasteiger partial charge in [-0.3, -0.25) is 14.5 Å². The Balaban J connectivity index is 1.37. The molecule has 34 heavy (non-hydrogen) atoms. The fourth-order valence-electron chi connectivity index (χ4n) is 4.31. The number of nitrogens with zero attached hydrogens (tertiary/aromatic N) is 3. The Labute approximate surface area is 199 Å². The Morgan fingerprint density at radius 3 is 2.26 bits per heavy atom. The lowest BCUT2D eigenvalue weighted by Crippen LogP contribution is -2.49. The molecule has 4 rings (SSSR count). The van der Waals surface area contributed by atoms with E-state index in [0.717, 1.165) is 17.1 Å². The Hall–Kier alpha value is -3.01. The summed E-state index contributed by atoms with van der Waals surface area (Å²) in [5.74, 6) is 0.743. The highest BCUT2D eigenvalue weighted by molar-refractivity contribution is 7.89. The first-order chi connectivity index (χ1) is 16.2. The van der Waals surface area contributed by atoms with E-state index in [1.54, 1.807) is 6.26 Å². The van der Waals surface area contributed by atoms with E-state index < -0.39 is 10.0 Å². The van der Waals surface area contributed by atoms with Crippen molar-refractivity contribution in [3.63, 3.8) is 0 Å². The van der Waals surface area contributed by atoms with Crippen LogP contribution in [0.1, 0.15) is 44.8 Å². The summed E-state index contributed by atoms with van der Waals surface area (Å²) < 4.78 is 34.9. The summed E-state index contributed by atoms with van der Waals surface area (Å²) >= 11 is 0. The average Bonchev–Trinajstić information content (AvgIpc) is 3.43. The molecule has 0 bridgehead atoms. The minimum atomic E-state index is -3.64. The number of rotatable bonds is 8. The van der Waals surface area contributed by atoms with Gasteiger partial charge in [0, 0.05) is 48.7 Å². The normalized spacial score (nSPS) is 15.5. The van der Waals surface area contributed by atoms with E-state index in [9.17, 15) is 18.0 Å². The van der Waals surface area contributed by atoms with Crippen molar-refractivity contribution in [2.45, 2.75) is 32.2 Å². The van der Waals surface area contributed by atoms with Crippen LogP contribution in [0.4, 0.5) is 0 Å². The highest BCUT2D eigenvalue weighted by Gasteiger charge is 2.29. The fraction of sp³-hybridized carbons (Fsp3) is 0.360. The number of Topliss-reactive ketones (excluding diaryl/α,β-unsaturated/α-hetero) is 2. The number of benzene rings is 1. The van der Waals surface area contributed by atoms with Gasteiger partial charge >= 0.3 is 0 Å². The zero-order valence-electron chi connectivity index (χ0n) is 19.7. The molecule has 0 aliphatic carbocycles. The highest BCUT2D eigenvalue weighted by Crippen LogP contribution is 2.21. The van der Waals surface area contributed by atoms with Gasteiger partial charge in [-0.2, -0.15) is 4.31 Å². The quantitative estimate of drug-likeness (QED) is 0.457. The smallest absolute Gasteiger partial charge is 0.243 e. The molecular formula is C25H29N3O5S. The molecule has 0 N–H and O–H groups in total. The molecule has 1 aliphatic heterocycles. The molecule has 0 saturated carbocycles. The molecule has 2 aromatic heterocycles. The number of carbonyl (C=O) groups is 2. The Kier molecular flexibility index (Phi) is 6.88. The maximum atomic E-state index is 13.1. The first kappa shape index (κ1) is 24.1. The Bertz CT molecular complexity index is 1280. The lowest BCUT2D eigenvalue weighted by atomic mass is 10.1. The van der Waals surface area contributed by atoms with Gasteiger partial charge in [-0.05, 0) is 51.1 Å². The number of aryl methyl sites for hydroxylation is 1. The number of ketones is 2. The molecule has 1 aromatic carbocycles. The molecule has 8 nitrogen and oxygen atoms in total. The summed E-state index contributed by atoms with van der Waals surface area (Å²) in [7, 11) is -3.64. The van der Waals surface area contributed by atoms with Gasteiger partial charge in [0.15, 0.2) is 11.6 Å². The van der Waals surface area contributed by atoms with Crippen molar-refractivity contribution >= 4 is 21.6 Å². The number of carbonyl (C=O) groups excluding carboxylic acids is 2. The van der Waals surface area contributed by atoms with Crippen LogP contribution >= 0.6 is 0 Å². The molecule has 9 heteroatoms. The van der Waals surface area contributed by atoms with Crippen LogP contribution in [0.25, 0.3) is 0 Å². The third-order valence-electron chi connectivity index (χ3n) is 6.37. The van der Waals surface area contributed by atoms with Crippen LogP contribution in [0.15, 0.2) is 58.0 Å². The number of furan rings is 1. The SMILES string of the molecule is CC(=O)c1ccc(S(=O)(=O)N2CCN(CC(=O)c3cc(C)n(Cc4ccco4)c3C)CC2)cc1. The van der Waals surface area contributed by atoms with E-state index in [2.05, 4.69) is 4.57 Å². The molecule has 0 unspecified atom stereocenters. The van der Waals surface area contributed by atoms with E-state index >= 15 is 0 Å².